The number of hydrogen-bond donors (Lipinski definition) is 0. The molecule has 0 saturated heterocycles. The van der Waals surface area contributed by atoms with Gasteiger partial charge in [0, 0.05) is 0 Å². The first-order valence-corrected chi connectivity index (χ1v) is 4.28. The Kier molecular flexibility index (Phi) is 2.98. The second-order valence-corrected chi connectivity index (χ2v) is 3.40. The fourth-order valence-corrected chi connectivity index (χ4v) is 1.42. The molecule has 0 heteroatoms. The summed E-state index contributed by atoms with van der Waals surface area (Å²) < 4.78 is 0. The van der Waals surface area contributed by atoms with E-state index in [4.69, 9.17) is 0 Å². The predicted octanol–water partition coefficient (Wildman–Crippen LogP) is 3.35. The van der Waals surface area contributed by atoms with Gasteiger partial charge in [-0.05, 0) is 39.0 Å². The van der Waals surface area contributed by atoms with Crippen molar-refractivity contribution in [3.05, 3.63) is 18.6 Å². The second kappa shape index (κ2) is 3.80. The molecule has 1 aliphatic carbocycles. The van der Waals surface area contributed by atoms with Crippen LogP contribution in [-0.2, 0) is 0 Å². The highest BCUT2D eigenvalue weighted by Gasteiger charge is 2.03. The van der Waals surface area contributed by atoms with E-state index < -0.39 is 0 Å². The maximum Gasteiger partial charge on any atom is -0.0320 e. The van der Waals surface area contributed by atoms with Crippen LogP contribution in [0.15, 0.2) is 11.6 Å². The lowest BCUT2D eigenvalue weighted by Gasteiger charge is -2.12. The molecule has 0 heterocycles. The number of allylic oxidation sites excluding steroid dienone is 2. The van der Waals surface area contributed by atoms with Gasteiger partial charge < -0.3 is 0 Å². The van der Waals surface area contributed by atoms with Gasteiger partial charge in [0.05, 0.1) is 0 Å². The van der Waals surface area contributed by atoms with Crippen LogP contribution in [-0.4, -0.2) is 0 Å². The SMILES string of the molecule is [CH2]C1CC=C(C)CCCC1. The summed E-state index contributed by atoms with van der Waals surface area (Å²) in [4.78, 5) is 0. The molecule has 1 radical (unpaired) electrons. The normalized spacial score (nSPS) is 28.6. The van der Waals surface area contributed by atoms with Crippen LogP contribution >= 0.6 is 0 Å². The molecule has 1 atom stereocenters. The van der Waals surface area contributed by atoms with Crippen LogP contribution in [0.25, 0.3) is 0 Å². The molecular formula is C10H17. The molecule has 0 spiro atoms. The number of hydrogen-bond acceptors (Lipinski definition) is 0. The molecule has 0 fully saturated rings. The van der Waals surface area contributed by atoms with E-state index in [0.29, 0.717) is 5.92 Å². The summed E-state index contributed by atoms with van der Waals surface area (Å²) in [7, 11) is 0. The molecule has 0 saturated carbocycles. The molecule has 0 aromatic carbocycles. The third-order valence-electron chi connectivity index (χ3n) is 2.23. The summed E-state index contributed by atoms with van der Waals surface area (Å²) in [5, 5.41) is 0. The molecule has 1 unspecified atom stereocenters. The average molecular weight is 137 g/mol. The van der Waals surface area contributed by atoms with Gasteiger partial charge in [-0.25, -0.2) is 0 Å². The van der Waals surface area contributed by atoms with Gasteiger partial charge in [0.2, 0.25) is 0 Å². The Morgan fingerprint density at radius 3 is 3.10 bits per heavy atom. The van der Waals surface area contributed by atoms with Crippen molar-refractivity contribution < 1.29 is 0 Å². The predicted molar refractivity (Wildman–Crippen MR) is 45.7 cm³/mol. The third-order valence-corrected chi connectivity index (χ3v) is 2.23. The lowest BCUT2D eigenvalue weighted by molar-refractivity contribution is 0.530. The minimum Gasteiger partial charge on any atom is -0.0853 e. The molecule has 0 aromatic rings. The Morgan fingerprint density at radius 2 is 2.30 bits per heavy atom. The van der Waals surface area contributed by atoms with Crippen LogP contribution in [0.5, 0.6) is 0 Å². The van der Waals surface area contributed by atoms with E-state index in [1.54, 1.807) is 5.57 Å². The summed E-state index contributed by atoms with van der Waals surface area (Å²) in [6.45, 7) is 6.32. The molecule has 0 aromatic heterocycles. The maximum absolute atomic E-state index is 4.09. The Labute approximate surface area is 64.3 Å². The molecule has 0 aliphatic heterocycles. The zero-order valence-electron chi connectivity index (χ0n) is 6.90. The minimum absolute atomic E-state index is 0.676. The van der Waals surface area contributed by atoms with E-state index in [-0.39, 0.29) is 0 Å². The van der Waals surface area contributed by atoms with Gasteiger partial charge in [-0.15, -0.1) is 0 Å². The van der Waals surface area contributed by atoms with Gasteiger partial charge in [-0.1, -0.05) is 24.5 Å². The van der Waals surface area contributed by atoms with E-state index >= 15 is 0 Å². The van der Waals surface area contributed by atoms with Gasteiger partial charge in [-0.3, -0.25) is 0 Å². The van der Waals surface area contributed by atoms with Gasteiger partial charge in [0.25, 0.3) is 0 Å². The molecule has 10 heavy (non-hydrogen) atoms. The Balaban J connectivity index is 2.42. The molecular weight excluding hydrogens is 120 g/mol. The van der Waals surface area contributed by atoms with E-state index in [2.05, 4.69) is 19.9 Å². The van der Waals surface area contributed by atoms with Crippen LogP contribution in [0, 0.1) is 12.8 Å². The smallest absolute Gasteiger partial charge is 0.0320 e. The fraction of sp³-hybridized carbons (Fsp3) is 0.700. The van der Waals surface area contributed by atoms with E-state index in [9.17, 15) is 0 Å². The van der Waals surface area contributed by atoms with Crippen molar-refractivity contribution in [1.82, 2.24) is 0 Å². The fourth-order valence-electron chi connectivity index (χ4n) is 1.42. The maximum atomic E-state index is 4.09. The molecule has 0 bridgehead atoms. The van der Waals surface area contributed by atoms with Gasteiger partial charge in [0.1, 0.15) is 0 Å². The highest BCUT2D eigenvalue weighted by molar-refractivity contribution is 4.99. The van der Waals surface area contributed by atoms with Crippen molar-refractivity contribution in [3.63, 3.8) is 0 Å². The molecule has 0 nitrogen and oxygen atoms in total. The van der Waals surface area contributed by atoms with Crippen molar-refractivity contribution >= 4 is 0 Å². The van der Waals surface area contributed by atoms with Crippen molar-refractivity contribution in [2.75, 3.05) is 0 Å². The zero-order valence-corrected chi connectivity index (χ0v) is 6.90. The van der Waals surface area contributed by atoms with Crippen molar-refractivity contribution in [2.24, 2.45) is 5.92 Å². The van der Waals surface area contributed by atoms with Crippen molar-refractivity contribution in [1.29, 1.82) is 0 Å². The average Bonchev–Trinajstić information content (AvgIpc) is 1.90. The summed E-state index contributed by atoms with van der Waals surface area (Å²) in [6.07, 6.45) is 8.94. The topological polar surface area (TPSA) is 0 Å². The quantitative estimate of drug-likeness (QED) is 0.449. The van der Waals surface area contributed by atoms with E-state index in [0.717, 1.165) is 0 Å². The minimum atomic E-state index is 0.676. The molecule has 1 rings (SSSR count). The first-order chi connectivity index (χ1) is 4.79. The monoisotopic (exact) mass is 137 g/mol. The van der Waals surface area contributed by atoms with Gasteiger partial charge in [0.15, 0.2) is 0 Å². The van der Waals surface area contributed by atoms with Gasteiger partial charge >= 0.3 is 0 Å². The second-order valence-electron chi connectivity index (χ2n) is 3.40. The van der Waals surface area contributed by atoms with Crippen molar-refractivity contribution in [2.45, 2.75) is 39.0 Å². The first-order valence-electron chi connectivity index (χ1n) is 4.28. The summed E-state index contributed by atoms with van der Waals surface area (Å²) in [5.41, 5.74) is 1.56. The molecule has 0 N–H and O–H groups in total. The van der Waals surface area contributed by atoms with Crippen LogP contribution in [0.4, 0.5) is 0 Å². The van der Waals surface area contributed by atoms with Crippen LogP contribution in [0.2, 0.25) is 0 Å². The zero-order chi connectivity index (χ0) is 7.40. The molecule has 1 aliphatic rings. The standard InChI is InChI=1S/C10H17/c1-9-5-3-4-6-10(2)8-7-9/h8-9H,1,3-7H2,2H3. The van der Waals surface area contributed by atoms with E-state index in [1.807, 2.05) is 0 Å². The highest BCUT2D eigenvalue weighted by Crippen LogP contribution is 2.20. The highest BCUT2D eigenvalue weighted by atomic mass is 14.1. The largest absolute Gasteiger partial charge is 0.0853 e. The third kappa shape index (κ3) is 2.55. The van der Waals surface area contributed by atoms with Crippen LogP contribution < -0.4 is 0 Å². The Morgan fingerprint density at radius 1 is 1.50 bits per heavy atom. The summed E-state index contributed by atoms with van der Waals surface area (Å²) in [6, 6.07) is 0. The Bertz CT molecular complexity index is 122. The lowest BCUT2D eigenvalue weighted by atomic mass is 9.94. The first kappa shape index (κ1) is 7.84. The van der Waals surface area contributed by atoms with Crippen LogP contribution in [0.1, 0.15) is 39.0 Å². The van der Waals surface area contributed by atoms with Crippen molar-refractivity contribution in [3.8, 4) is 0 Å². The lowest BCUT2D eigenvalue weighted by Crippen LogP contribution is -1.97. The van der Waals surface area contributed by atoms with Crippen LogP contribution in [0.3, 0.4) is 0 Å². The van der Waals surface area contributed by atoms with Gasteiger partial charge in [-0.2, -0.15) is 0 Å². The summed E-state index contributed by atoms with van der Waals surface area (Å²) in [5.74, 6) is 0.676. The Hall–Kier alpha value is -0.260. The van der Waals surface area contributed by atoms with E-state index in [1.165, 1.54) is 32.1 Å². The summed E-state index contributed by atoms with van der Waals surface area (Å²) >= 11 is 0. The molecule has 57 valence electrons. The number of rotatable bonds is 0. The molecule has 0 amide bonds.